The second-order valence-electron chi connectivity index (χ2n) is 6.37. The summed E-state index contributed by atoms with van der Waals surface area (Å²) >= 11 is 1.32. The second kappa shape index (κ2) is 6.45. The molecule has 0 unspecified atom stereocenters. The molecular formula is C14H21N5O4S2. The Morgan fingerprint density at radius 2 is 1.84 bits per heavy atom. The largest absolute Gasteiger partial charge is 0.365 e. The molecule has 1 aromatic rings. The van der Waals surface area contributed by atoms with Crippen molar-refractivity contribution in [3.63, 3.8) is 0 Å². The van der Waals surface area contributed by atoms with Crippen molar-refractivity contribution >= 4 is 38.2 Å². The van der Waals surface area contributed by atoms with Gasteiger partial charge in [-0.05, 0) is 0 Å². The highest BCUT2D eigenvalue weighted by Crippen LogP contribution is 2.29. The van der Waals surface area contributed by atoms with Crippen molar-refractivity contribution < 1.29 is 18.0 Å². The zero-order valence-corrected chi connectivity index (χ0v) is 15.9. The Kier molecular flexibility index (Phi) is 4.62. The number of thiazole rings is 1. The number of nitrogens with zero attached hydrogens (tertiary/aromatic N) is 4. The Morgan fingerprint density at radius 1 is 1.24 bits per heavy atom. The fraction of sp³-hybridized carbons (Fsp3) is 0.643. The Bertz CT molecular complexity index is 791. The van der Waals surface area contributed by atoms with Crippen LogP contribution in [0.5, 0.6) is 0 Å². The number of hydrogen-bond acceptors (Lipinski definition) is 7. The third-order valence-electron chi connectivity index (χ3n) is 4.50. The molecule has 0 aliphatic carbocycles. The first-order valence-corrected chi connectivity index (χ1v) is 10.6. The van der Waals surface area contributed by atoms with Gasteiger partial charge in [0.25, 0.3) is 5.91 Å². The summed E-state index contributed by atoms with van der Waals surface area (Å²) in [7, 11) is 1.68. The molecule has 2 aliphatic rings. The molecule has 2 atom stereocenters. The van der Waals surface area contributed by atoms with E-state index in [0.29, 0.717) is 23.9 Å². The lowest BCUT2D eigenvalue weighted by Gasteiger charge is -2.44. The highest BCUT2D eigenvalue weighted by Gasteiger charge is 2.50. The first kappa shape index (κ1) is 17.9. The minimum absolute atomic E-state index is 0.111. The molecule has 9 nitrogen and oxygen atoms in total. The van der Waals surface area contributed by atoms with Gasteiger partial charge < -0.3 is 20.0 Å². The van der Waals surface area contributed by atoms with Crippen LogP contribution in [0.2, 0.25) is 0 Å². The average Bonchev–Trinajstić information content (AvgIpc) is 3.15. The number of hydrogen-bond donors (Lipinski definition) is 1. The number of anilines is 1. The number of rotatable bonds is 2. The molecule has 0 aromatic carbocycles. The summed E-state index contributed by atoms with van der Waals surface area (Å²) in [6, 6.07) is -1.28. The number of fused-ring (bicyclic) bond motifs is 1. The van der Waals surface area contributed by atoms with E-state index in [1.807, 2.05) is 0 Å². The van der Waals surface area contributed by atoms with Crippen LogP contribution in [0.15, 0.2) is 5.38 Å². The average molecular weight is 387 g/mol. The summed E-state index contributed by atoms with van der Waals surface area (Å²) in [6.45, 7) is 0.601. The van der Waals surface area contributed by atoms with E-state index in [-0.39, 0.29) is 23.4 Å². The van der Waals surface area contributed by atoms with Crippen molar-refractivity contribution in [3.05, 3.63) is 11.1 Å². The molecule has 2 aliphatic heterocycles. The van der Waals surface area contributed by atoms with E-state index in [1.165, 1.54) is 16.2 Å². The van der Waals surface area contributed by atoms with Gasteiger partial charge in [0, 0.05) is 39.6 Å². The molecule has 0 spiro atoms. The first-order valence-electron chi connectivity index (χ1n) is 7.86. The van der Waals surface area contributed by atoms with E-state index in [4.69, 9.17) is 0 Å². The predicted molar refractivity (Wildman–Crippen MR) is 94.7 cm³/mol. The maximum Gasteiger partial charge on any atom is 0.319 e. The third-order valence-corrected chi connectivity index (χ3v) is 7.06. The summed E-state index contributed by atoms with van der Waals surface area (Å²) in [5.41, 5.74) is 0.296. The van der Waals surface area contributed by atoms with Crippen LogP contribution in [0.4, 0.5) is 9.93 Å². The Labute approximate surface area is 150 Å². The van der Waals surface area contributed by atoms with Crippen molar-refractivity contribution in [3.8, 4) is 0 Å². The van der Waals surface area contributed by atoms with Gasteiger partial charge in [-0.2, -0.15) is 0 Å². The van der Waals surface area contributed by atoms with Gasteiger partial charge in [0.05, 0.1) is 23.6 Å². The zero-order chi connectivity index (χ0) is 18.4. The van der Waals surface area contributed by atoms with E-state index in [1.54, 1.807) is 36.3 Å². The predicted octanol–water partition coefficient (Wildman–Crippen LogP) is -0.210. The quantitative estimate of drug-likeness (QED) is 0.753. The summed E-state index contributed by atoms with van der Waals surface area (Å²) < 4.78 is 24.4. The van der Waals surface area contributed by atoms with Crippen LogP contribution in [0.3, 0.4) is 0 Å². The van der Waals surface area contributed by atoms with E-state index >= 15 is 0 Å². The van der Waals surface area contributed by atoms with Crippen molar-refractivity contribution in [2.75, 3.05) is 51.1 Å². The molecule has 1 aromatic heterocycles. The smallest absolute Gasteiger partial charge is 0.319 e. The van der Waals surface area contributed by atoms with Crippen LogP contribution in [0.25, 0.3) is 0 Å². The molecule has 3 amide bonds. The van der Waals surface area contributed by atoms with Crippen LogP contribution in [0.1, 0.15) is 10.5 Å². The molecule has 0 radical (unpaired) electrons. The van der Waals surface area contributed by atoms with Gasteiger partial charge in [-0.15, -0.1) is 11.3 Å². The van der Waals surface area contributed by atoms with Crippen LogP contribution in [-0.4, -0.2) is 97.9 Å². The van der Waals surface area contributed by atoms with Crippen LogP contribution in [-0.2, 0) is 9.84 Å². The number of sulfone groups is 1. The fourth-order valence-electron chi connectivity index (χ4n) is 3.33. The molecule has 0 saturated carbocycles. The molecule has 2 saturated heterocycles. The monoisotopic (exact) mass is 387 g/mol. The minimum Gasteiger partial charge on any atom is -0.365 e. The maximum atomic E-state index is 12.8. The molecule has 3 heterocycles. The Morgan fingerprint density at radius 3 is 2.40 bits per heavy atom. The number of urea groups is 1. The first-order chi connectivity index (χ1) is 11.7. The molecule has 2 fully saturated rings. The SMILES string of the molecule is CNc1nc(C(=O)N2CCN(C(=O)N(C)C)[C@H]3CS(=O)(=O)C[C@H]32)cs1. The van der Waals surface area contributed by atoms with Crippen molar-refractivity contribution in [2.24, 2.45) is 0 Å². The van der Waals surface area contributed by atoms with E-state index < -0.39 is 21.9 Å². The van der Waals surface area contributed by atoms with Gasteiger partial charge in [-0.1, -0.05) is 0 Å². The van der Waals surface area contributed by atoms with Gasteiger partial charge in [0.2, 0.25) is 0 Å². The lowest BCUT2D eigenvalue weighted by atomic mass is 10.0. The van der Waals surface area contributed by atoms with Gasteiger partial charge in [0.15, 0.2) is 15.0 Å². The van der Waals surface area contributed by atoms with Crippen LogP contribution in [0, 0.1) is 0 Å². The van der Waals surface area contributed by atoms with E-state index in [2.05, 4.69) is 10.3 Å². The highest BCUT2D eigenvalue weighted by atomic mass is 32.2. The number of amides is 3. The van der Waals surface area contributed by atoms with Crippen molar-refractivity contribution in [1.29, 1.82) is 0 Å². The number of carbonyl (C=O) groups is 2. The van der Waals surface area contributed by atoms with Gasteiger partial charge in [-0.25, -0.2) is 18.2 Å². The molecule has 25 heavy (non-hydrogen) atoms. The van der Waals surface area contributed by atoms with Gasteiger partial charge in [-0.3, -0.25) is 4.79 Å². The standard InChI is InChI=1S/C14H21N5O4S2/c1-15-13-16-9(6-24-13)12(20)18-4-5-19(14(21)17(2)3)11-8-25(22,23)7-10(11)18/h6,10-11H,4-5,7-8H2,1-3H3,(H,15,16)/t10-,11+/m1/s1. The van der Waals surface area contributed by atoms with Crippen molar-refractivity contribution in [2.45, 2.75) is 12.1 Å². The zero-order valence-electron chi connectivity index (χ0n) is 14.3. The molecule has 3 rings (SSSR count). The molecule has 0 bridgehead atoms. The molecular weight excluding hydrogens is 366 g/mol. The second-order valence-corrected chi connectivity index (χ2v) is 9.38. The van der Waals surface area contributed by atoms with E-state index in [0.717, 1.165) is 0 Å². The molecule has 11 heteroatoms. The molecule has 138 valence electrons. The fourth-order valence-corrected chi connectivity index (χ4v) is 5.96. The van der Waals surface area contributed by atoms with Crippen LogP contribution >= 0.6 is 11.3 Å². The highest BCUT2D eigenvalue weighted by molar-refractivity contribution is 7.91. The lowest BCUT2D eigenvalue weighted by Crippen LogP contribution is -2.63. The number of nitrogens with one attached hydrogen (secondary N) is 1. The third kappa shape index (κ3) is 3.30. The van der Waals surface area contributed by atoms with E-state index in [9.17, 15) is 18.0 Å². The Hall–Kier alpha value is -1.88. The van der Waals surface area contributed by atoms with Crippen molar-refractivity contribution in [1.82, 2.24) is 19.7 Å². The minimum atomic E-state index is -3.31. The topological polar surface area (TPSA) is 103 Å². The normalized spacial score (nSPS) is 24.8. The summed E-state index contributed by atoms with van der Waals surface area (Å²) in [6.07, 6.45) is 0. The Balaban J connectivity index is 1.88. The summed E-state index contributed by atoms with van der Waals surface area (Å²) in [4.78, 5) is 34.0. The van der Waals surface area contributed by atoms with Crippen LogP contribution < -0.4 is 5.32 Å². The van der Waals surface area contributed by atoms with Gasteiger partial charge >= 0.3 is 6.03 Å². The summed E-state index contributed by atoms with van der Waals surface area (Å²) in [5, 5.41) is 5.16. The lowest BCUT2D eigenvalue weighted by molar-refractivity contribution is 0.0389. The number of aromatic nitrogens is 1. The number of piperazine rings is 1. The summed E-state index contributed by atoms with van der Waals surface area (Å²) in [5.74, 6) is -0.523. The van der Waals surface area contributed by atoms with Gasteiger partial charge in [0.1, 0.15) is 5.69 Å². The molecule has 1 N–H and O–H groups in total. The number of carbonyl (C=O) groups excluding carboxylic acids is 2. The maximum absolute atomic E-state index is 12.8.